The number of carbonyl (C=O) groups is 1. The van der Waals surface area contributed by atoms with Crippen LogP contribution in [0.15, 0.2) is 66.0 Å². The summed E-state index contributed by atoms with van der Waals surface area (Å²) >= 11 is 1.69. The van der Waals surface area contributed by atoms with Crippen molar-refractivity contribution in [3.63, 3.8) is 0 Å². The van der Waals surface area contributed by atoms with Gasteiger partial charge in [0.2, 0.25) is 0 Å². The fraction of sp³-hybridized carbons (Fsp3) is 0.0500. The molecule has 0 saturated heterocycles. The average molecular weight is 335 g/mol. The van der Waals surface area contributed by atoms with Gasteiger partial charge in [0.1, 0.15) is 5.75 Å². The lowest BCUT2D eigenvalue weighted by atomic mass is 10.1. The highest BCUT2D eigenvalue weighted by Crippen LogP contribution is 2.14. The smallest absolute Gasteiger partial charge is 0.251 e. The summed E-state index contributed by atoms with van der Waals surface area (Å²) in [5.41, 5.74) is 2.62. The third-order valence-corrected chi connectivity index (χ3v) is 4.38. The molecule has 0 unspecified atom stereocenters. The highest BCUT2D eigenvalue weighted by Gasteiger charge is 2.04. The van der Waals surface area contributed by atoms with Crippen molar-refractivity contribution in [2.45, 2.75) is 6.54 Å². The van der Waals surface area contributed by atoms with E-state index < -0.39 is 0 Å². The predicted molar refractivity (Wildman–Crippen MR) is 99.0 cm³/mol. The van der Waals surface area contributed by atoms with Gasteiger partial charge in [-0.25, -0.2) is 0 Å². The van der Waals surface area contributed by atoms with E-state index >= 15 is 0 Å². The minimum absolute atomic E-state index is 0.114. The Kier molecular flexibility index (Phi) is 5.08. The van der Waals surface area contributed by atoms with Crippen molar-refractivity contribution in [3.8, 4) is 5.75 Å². The van der Waals surface area contributed by atoms with E-state index in [-0.39, 0.29) is 11.7 Å². The topological polar surface area (TPSA) is 49.3 Å². The molecule has 0 bridgehead atoms. The summed E-state index contributed by atoms with van der Waals surface area (Å²) < 4.78 is 0. The average Bonchev–Trinajstić information content (AvgIpc) is 3.13. The lowest BCUT2D eigenvalue weighted by molar-refractivity contribution is 0.0951. The first-order chi connectivity index (χ1) is 11.7. The van der Waals surface area contributed by atoms with Gasteiger partial charge in [-0.05, 0) is 52.9 Å². The Morgan fingerprint density at radius 1 is 1.00 bits per heavy atom. The molecule has 3 nitrogen and oxygen atoms in total. The van der Waals surface area contributed by atoms with Crippen LogP contribution in [-0.2, 0) is 6.54 Å². The maximum absolute atomic E-state index is 12.2. The monoisotopic (exact) mass is 335 g/mol. The van der Waals surface area contributed by atoms with Gasteiger partial charge < -0.3 is 10.4 Å². The molecule has 0 spiro atoms. The molecule has 120 valence electrons. The number of rotatable bonds is 5. The van der Waals surface area contributed by atoms with Gasteiger partial charge in [0.05, 0.1) is 0 Å². The molecule has 0 aliphatic carbocycles. The Morgan fingerprint density at radius 3 is 2.42 bits per heavy atom. The van der Waals surface area contributed by atoms with Crippen molar-refractivity contribution in [2.24, 2.45) is 0 Å². The number of nitrogens with one attached hydrogen (secondary N) is 1. The standard InChI is InChI=1S/C20H17NO2S/c22-18-10-5-16(6-11-18)14-21-20(23)17-8-3-15(4-9-17)7-12-19-2-1-13-24-19/h1-13,22H,14H2,(H,21,23). The Balaban J connectivity index is 1.58. The third-order valence-electron chi connectivity index (χ3n) is 3.55. The molecule has 2 N–H and O–H groups in total. The van der Waals surface area contributed by atoms with Crippen LogP contribution in [0.25, 0.3) is 12.2 Å². The molecule has 0 aliphatic heterocycles. The molecule has 1 heterocycles. The first kappa shape index (κ1) is 16.0. The van der Waals surface area contributed by atoms with E-state index in [0.29, 0.717) is 12.1 Å². The van der Waals surface area contributed by atoms with E-state index in [2.05, 4.69) is 17.5 Å². The summed E-state index contributed by atoms with van der Waals surface area (Å²) in [6.07, 6.45) is 4.09. The zero-order valence-electron chi connectivity index (χ0n) is 13.0. The second-order valence-corrected chi connectivity index (χ2v) is 6.30. The lowest BCUT2D eigenvalue weighted by Crippen LogP contribution is -2.22. The minimum Gasteiger partial charge on any atom is -0.508 e. The maximum atomic E-state index is 12.2. The van der Waals surface area contributed by atoms with Gasteiger partial charge in [-0.3, -0.25) is 4.79 Å². The Morgan fingerprint density at radius 2 is 1.75 bits per heavy atom. The number of phenols is 1. The van der Waals surface area contributed by atoms with Crippen molar-refractivity contribution in [1.29, 1.82) is 0 Å². The zero-order chi connectivity index (χ0) is 16.8. The summed E-state index contributed by atoms with van der Waals surface area (Å²) in [6, 6.07) is 18.4. The van der Waals surface area contributed by atoms with E-state index in [1.54, 1.807) is 35.6 Å². The van der Waals surface area contributed by atoms with E-state index in [1.165, 1.54) is 4.88 Å². The quantitative estimate of drug-likeness (QED) is 0.718. The summed E-state index contributed by atoms with van der Waals surface area (Å²) in [4.78, 5) is 13.4. The molecule has 3 aromatic rings. The van der Waals surface area contributed by atoms with Crippen LogP contribution in [0, 0.1) is 0 Å². The van der Waals surface area contributed by atoms with Crippen molar-refractivity contribution in [1.82, 2.24) is 5.32 Å². The van der Waals surface area contributed by atoms with Crippen LogP contribution in [0.5, 0.6) is 5.75 Å². The number of thiophene rings is 1. The first-order valence-corrected chi connectivity index (χ1v) is 8.46. The van der Waals surface area contributed by atoms with Gasteiger partial charge in [0.15, 0.2) is 0 Å². The molecule has 2 aromatic carbocycles. The van der Waals surface area contributed by atoms with Gasteiger partial charge in [0.25, 0.3) is 5.91 Å². The molecule has 0 saturated carbocycles. The number of hydrogen-bond acceptors (Lipinski definition) is 3. The van der Waals surface area contributed by atoms with Crippen LogP contribution < -0.4 is 5.32 Å². The molecule has 24 heavy (non-hydrogen) atoms. The van der Waals surface area contributed by atoms with Crippen molar-refractivity contribution in [2.75, 3.05) is 0 Å². The fourth-order valence-corrected chi connectivity index (χ4v) is 2.83. The number of phenolic OH excluding ortho intramolecular Hbond substituents is 1. The van der Waals surface area contributed by atoms with Gasteiger partial charge >= 0.3 is 0 Å². The van der Waals surface area contributed by atoms with Gasteiger partial charge in [-0.2, -0.15) is 0 Å². The molecule has 0 fully saturated rings. The van der Waals surface area contributed by atoms with E-state index in [0.717, 1.165) is 11.1 Å². The molecule has 1 aromatic heterocycles. The van der Waals surface area contributed by atoms with Crippen molar-refractivity contribution >= 4 is 29.4 Å². The summed E-state index contributed by atoms with van der Waals surface area (Å²) in [5.74, 6) is 0.105. The Hall–Kier alpha value is -2.85. The maximum Gasteiger partial charge on any atom is 0.251 e. The van der Waals surface area contributed by atoms with E-state index in [1.807, 2.05) is 41.8 Å². The Labute approximate surface area is 144 Å². The normalized spacial score (nSPS) is 10.8. The van der Waals surface area contributed by atoms with Gasteiger partial charge in [-0.15, -0.1) is 11.3 Å². The molecule has 1 amide bonds. The number of amides is 1. The summed E-state index contributed by atoms with van der Waals surface area (Å²) in [5, 5.41) is 14.2. The number of benzene rings is 2. The Bertz CT molecular complexity index is 819. The van der Waals surface area contributed by atoms with Crippen molar-refractivity contribution < 1.29 is 9.90 Å². The fourth-order valence-electron chi connectivity index (χ4n) is 2.21. The van der Waals surface area contributed by atoms with Crippen molar-refractivity contribution in [3.05, 3.63) is 87.6 Å². The van der Waals surface area contributed by atoms with Gasteiger partial charge in [0, 0.05) is 17.0 Å². The predicted octanol–water partition coefficient (Wildman–Crippen LogP) is 4.55. The SMILES string of the molecule is O=C(NCc1ccc(O)cc1)c1ccc(C=Cc2cccs2)cc1. The highest BCUT2D eigenvalue weighted by molar-refractivity contribution is 7.10. The molecule has 3 rings (SSSR count). The zero-order valence-corrected chi connectivity index (χ0v) is 13.8. The third kappa shape index (κ3) is 4.33. The second kappa shape index (κ2) is 7.62. The van der Waals surface area contributed by atoms with E-state index in [4.69, 9.17) is 0 Å². The van der Waals surface area contributed by atoms with Crippen LogP contribution >= 0.6 is 11.3 Å². The van der Waals surface area contributed by atoms with Crippen LogP contribution in [0.3, 0.4) is 0 Å². The molecule has 0 radical (unpaired) electrons. The van der Waals surface area contributed by atoms with Gasteiger partial charge in [-0.1, -0.05) is 36.4 Å². The first-order valence-electron chi connectivity index (χ1n) is 7.58. The van der Waals surface area contributed by atoms with Crippen LogP contribution in [0.4, 0.5) is 0 Å². The summed E-state index contributed by atoms with van der Waals surface area (Å²) in [6.45, 7) is 0.430. The highest BCUT2D eigenvalue weighted by atomic mass is 32.1. The molecule has 0 atom stereocenters. The molecular formula is C20H17NO2S. The van der Waals surface area contributed by atoms with Crippen LogP contribution in [0.2, 0.25) is 0 Å². The number of aromatic hydroxyl groups is 1. The second-order valence-electron chi connectivity index (χ2n) is 5.32. The summed E-state index contributed by atoms with van der Waals surface area (Å²) in [7, 11) is 0. The lowest BCUT2D eigenvalue weighted by Gasteiger charge is -2.06. The molecule has 0 aliphatic rings. The number of hydrogen-bond donors (Lipinski definition) is 2. The molecule has 4 heteroatoms. The number of carbonyl (C=O) groups excluding carboxylic acids is 1. The minimum atomic E-state index is -0.114. The largest absolute Gasteiger partial charge is 0.508 e. The molecular weight excluding hydrogens is 318 g/mol. The van der Waals surface area contributed by atoms with Crippen LogP contribution in [-0.4, -0.2) is 11.0 Å². The van der Waals surface area contributed by atoms with Crippen LogP contribution in [0.1, 0.15) is 26.4 Å². The van der Waals surface area contributed by atoms with E-state index in [9.17, 15) is 9.90 Å².